The van der Waals surface area contributed by atoms with E-state index >= 15 is 0 Å². The van der Waals surface area contributed by atoms with Gasteiger partial charge < -0.3 is 4.90 Å². The minimum Gasteiger partial charge on any atom is -0.310 e. The molecule has 0 unspecified atom stereocenters. The summed E-state index contributed by atoms with van der Waals surface area (Å²) in [6.45, 7) is 0. The highest BCUT2D eigenvalue weighted by atomic mass is 32.1. The van der Waals surface area contributed by atoms with Crippen LogP contribution in [0.25, 0.3) is 75.8 Å². The van der Waals surface area contributed by atoms with E-state index < -0.39 is 5.41 Å². The Kier molecular flexibility index (Phi) is 10.00. The molecule has 1 aliphatic rings. The SMILES string of the molecule is c1ccc(-c2ccccc2-c2c(-c3ccccc3)cccc2N(c2cccc(-c3cccc4c3sc3ccccc34)c2)c2ccc3c(c2)C(c2ccccc2)(c2ccccc2)c2ccccc2-3)cc1. The van der Waals surface area contributed by atoms with E-state index in [-0.39, 0.29) is 0 Å². The second-order valence-electron chi connectivity index (χ2n) is 17.9. The number of hydrogen-bond acceptors (Lipinski definition) is 2. The van der Waals surface area contributed by atoms with Gasteiger partial charge in [0, 0.05) is 37.1 Å². The van der Waals surface area contributed by atoms with Crippen molar-refractivity contribution < 1.29 is 0 Å². The van der Waals surface area contributed by atoms with E-state index in [1.54, 1.807) is 0 Å². The smallest absolute Gasteiger partial charge is 0.0714 e. The van der Waals surface area contributed by atoms with E-state index in [1.165, 1.54) is 98.1 Å². The summed E-state index contributed by atoms with van der Waals surface area (Å²) in [6.07, 6.45) is 0. The maximum absolute atomic E-state index is 2.53. The Morgan fingerprint density at radius 1 is 0.304 bits per heavy atom. The predicted molar refractivity (Wildman–Crippen MR) is 293 cm³/mol. The summed E-state index contributed by atoms with van der Waals surface area (Å²) >= 11 is 1.88. The van der Waals surface area contributed by atoms with Crippen LogP contribution in [0, 0.1) is 0 Å². The van der Waals surface area contributed by atoms with E-state index in [4.69, 9.17) is 0 Å². The quantitative estimate of drug-likeness (QED) is 0.140. The molecule has 2 heteroatoms. The van der Waals surface area contributed by atoms with Crippen molar-refractivity contribution in [1.82, 2.24) is 0 Å². The lowest BCUT2D eigenvalue weighted by molar-refractivity contribution is 0.768. The van der Waals surface area contributed by atoms with Crippen LogP contribution in [0.4, 0.5) is 17.1 Å². The van der Waals surface area contributed by atoms with Gasteiger partial charge in [-0.1, -0.05) is 237 Å². The second-order valence-corrected chi connectivity index (χ2v) is 19.0. The normalized spacial score (nSPS) is 12.5. The Balaban J connectivity index is 1.12. The van der Waals surface area contributed by atoms with E-state index in [2.05, 4.69) is 278 Å². The first-order chi connectivity index (χ1) is 34.3. The molecule has 0 bridgehead atoms. The molecule has 1 heterocycles. The number of benzene rings is 11. The maximum Gasteiger partial charge on any atom is 0.0714 e. The number of fused-ring (bicyclic) bond motifs is 6. The minimum absolute atomic E-state index is 0.566. The topological polar surface area (TPSA) is 3.24 Å². The Bertz CT molecular complexity index is 3800. The molecule has 0 spiro atoms. The molecule has 12 aromatic rings. The van der Waals surface area contributed by atoms with Gasteiger partial charge >= 0.3 is 0 Å². The average Bonchev–Trinajstić information content (AvgIpc) is 3.96. The zero-order valence-corrected chi connectivity index (χ0v) is 38.7. The molecule has 0 N–H and O–H groups in total. The van der Waals surface area contributed by atoms with Gasteiger partial charge in [0.05, 0.1) is 11.1 Å². The molecule has 1 aliphatic carbocycles. The van der Waals surface area contributed by atoms with Gasteiger partial charge in [0.2, 0.25) is 0 Å². The molecular formula is C67H45NS. The third-order valence-corrected chi connectivity index (χ3v) is 15.4. The van der Waals surface area contributed by atoms with Crippen LogP contribution < -0.4 is 4.90 Å². The van der Waals surface area contributed by atoms with Gasteiger partial charge in [-0.25, -0.2) is 0 Å². The molecule has 324 valence electrons. The van der Waals surface area contributed by atoms with Crippen molar-refractivity contribution in [1.29, 1.82) is 0 Å². The molecule has 0 aliphatic heterocycles. The Labute approximate surface area is 407 Å². The van der Waals surface area contributed by atoms with Crippen molar-refractivity contribution in [3.8, 4) is 55.6 Å². The van der Waals surface area contributed by atoms with Gasteiger partial charge in [-0.05, 0) is 109 Å². The standard InChI is InChI=1S/C67H45NS/c1-5-22-46(23-6-1)53-32-13-14-35-59(53)65-54(47-24-7-2-8-25-47)36-21-40-63(65)68(51-31-19-26-48(44-51)55-37-20-38-60-58-34-16-18-41-64(58)69-66(55)60)52-42-43-57-56-33-15-17-39-61(56)67(62(57)45-52,49-27-9-3-10-28-49)50-29-11-4-12-30-50/h1-45H. The summed E-state index contributed by atoms with van der Waals surface area (Å²) in [5.41, 5.74) is 19.7. The maximum atomic E-state index is 2.53. The van der Waals surface area contributed by atoms with Gasteiger partial charge in [-0.15, -0.1) is 11.3 Å². The lowest BCUT2D eigenvalue weighted by atomic mass is 9.67. The largest absolute Gasteiger partial charge is 0.310 e. The first kappa shape index (κ1) is 40.7. The van der Waals surface area contributed by atoms with E-state index in [0.29, 0.717) is 0 Å². The van der Waals surface area contributed by atoms with Crippen molar-refractivity contribution in [3.63, 3.8) is 0 Å². The number of rotatable bonds is 9. The number of anilines is 3. The zero-order valence-electron chi connectivity index (χ0n) is 37.8. The summed E-state index contributed by atoms with van der Waals surface area (Å²) in [6, 6.07) is 101. The molecule has 0 atom stereocenters. The molecule has 11 aromatic carbocycles. The molecule has 0 saturated heterocycles. The van der Waals surface area contributed by atoms with Crippen molar-refractivity contribution in [2.24, 2.45) is 0 Å². The fraction of sp³-hybridized carbons (Fsp3) is 0.0149. The van der Waals surface area contributed by atoms with E-state index in [9.17, 15) is 0 Å². The lowest BCUT2D eigenvalue weighted by Gasteiger charge is -2.35. The summed E-state index contributed by atoms with van der Waals surface area (Å²) in [4.78, 5) is 2.53. The van der Waals surface area contributed by atoms with Crippen LogP contribution in [-0.4, -0.2) is 0 Å². The van der Waals surface area contributed by atoms with Crippen molar-refractivity contribution in [2.75, 3.05) is 4.90 Å². The van der Waals surface area contributed by atoms with Crippen LogP contribution >= 0.6 is 11.3 Å². The van der Waals surface area contributed by atoms with E-state index in [0.717, 1.165) is 17.1 Å². The van der Waals surface area contributed by atoms with Crippen molar-refractivity contribution >= 4 is 48.6 Å². The van der Waals surface area contributed by atoms with Crippen LogP contribution in [0.5, 0.6) is 0 Å². The van der Waals surface area contributed by atoms with Gasteiger partial charge in [0.1, 0.15) is 0 Å². The van der Waals surface area contributed by atoms with Crippen LogP contribution in [0.3, 0.4) is 0 Å². The molecule has 1 aromatic heterocycles. The van der Waals surface area contributed by atoms with Crippen LogP contribution in [0.1, 0.15) is 22.3 Å². The van der Waals surface area contributed by atoms with Gasteiger partial charge in [-0.2, -0.15) is 0 Å². The number of nitrogens with zero attached hydrogens (tertiary/aromatic N) is 1. The molecule has 69 heavy (non-hydrogen) atoms. The fourth-order valence-corrected chi connectivity index (χ4v) is 12.5. The van der Waals surface area contributed by atoms with Crippen molar-refractivity contribution in [2.45, 2.75) is 5.41 Å². The molecule has 0 radical (unpaired) electrons. The minimum atomic E-state index is -0.566. The van der Waals surface area contributed by atoms with E-state index in [1.807, 2.05) is 11.3 Å². The molecule has 13 rings (SSSR count). The molecule has 0 amide bonds. The molecular weight excluding hydrogens is 851 g/mol. The monoisotopic (exact) mass is 895 g/mol. The predicted octanol–water partition coefficient (Wildman–Crippen LogP) is 18.6. The number of hydrogen-bond donors (Lipinski definition) is 0. The lowest BCUT2D eigenvalue weighted by Crippen LogP contribution is -2.28. The Morgan fingerprint density at radius 2 is 0.812 bits per heavy atom. The van der Waals surface area contributed by atoms with Crippen LogP contribution in [0.15, 0.2) is 273 Å². The molecule has 0 saturated carbocycles. The third-order valence-electron chi connectivity index (χ3n) is 14.2. The zero-order chi connectivity index (χ0) is 45.7. The average molecular weight is 896 g/mol. The highest BCUT2D eigenvalue weighted by Gasteiger charge is 2.46. The first-order valence-corrected chi connectivity index (χ1v) is 24.6. The Hall–Kier alpha value is -8.56. The fourth-order valence-electron chi connectivity index (χ4n) is 11.2. The third kappa shape index (κ3) is 6.67. The highest BCUT2D eigenvalue weighted by Crippen LogP contribution is 2.58. The molecule has 0 fully saturated rings. The highest BCUT2D eigenvalue weighted by molar-refractivity contribution is 7.26. The summed E-state index contributed by atoms with van der Waals surface area (Å²) in [7, 11) is 0. The first-order valence-electron chi connectivity index (χ1n) is 23.8. The van der Waals surface area contributed by atoms with Gasteiger partial charge in [-0.3, -0.25) is 0 Å². The molecule has 1 nitrogen and oxygen atoms in total. The number of thiophene rings is 1. The summed E-state index contributed by atoms with van der Waals surface area (Å²) in [5, 5.41) is 2.60. The van der Waals surface area contributed by atoms with Crippen LogP contribution in [0.2, 0.25) is 0 Å². The van der Waals surface area contributed by atoms with Gasteiger partial charge in [0.15, 0.2) is 0 Å². The Morgan fingerprint density at radius 3 is 1.55 bits per heavy atom. The van der Waals surface area contributed by atoms with Crippen LogP contribution in [-0.2, 0) is 5.41 Å². The summed E-state index contributed by atoms with van der Waals surface area (Å²) in [5.74, 6) is 0. The summed E-state index contributed by atoms with van der Waals surface area (Å²) < 4.78 is 2.60. The van der Waals surface area contributed by atoms with Crippen molar-refractivity contribution in [3.05, 3.63) is 295 Å². The van der Waals surface area contributed by atoms with Gasteiger partial charge in [0.25, 0.3) is 0 Å². The second kappa shape index (κ2) is 16.9.